The molecule has 1 aliphatic rings. The number of likely N-dealkylation sites (tertiary alicyclic amines) is 1. The maximum absolute atomic E-state index is 9.89. The molecule has 108 valence electrons. The van der Waals surface area contributed by atoms with Crippen molar-refractivity contribution in [2.75, 3.05) is 25.0 Å². The molecule has 3 heterocycles. The largest absolute Gasteiger partial charge is 0.389 e. The predicted molar refractivity (Wildman–Crippen MR) is 82.2 cm³/mol. The molecular formula is C14H20N4OS. The second-order valence-corrected chi connectivity index (χ2v) is 6.95. The summed E-state index contributed by atoms with van der Waals surface area (Å²) in [7, 11) is 0. The van der Waals surface area contributed by atoms with Crippen LogP contribution in [0.2, 0.25) is 0 Å². The zero-order chi connectivity index (χ0) is 14.2. The number of fused-ring (bicyclic) bond motifs is 1. The molecular weight excluding hydrogens is 272 g/mol. The van der Waals surface area contributed by atoms with Crippen molar-refractivity contribution in [2.24, 2.45) is 0 Å². The van der Waals surface area contributed by atoms with E-state index in [2.05, 4.69) is 20.2 Å². The van der Waals surface area contributed by atoms with E-state index in [4.69, 9.17) is 0 Å². The Morgan fingerprint density at radius 3 is 3.15 bits per heavy atom. The SMILES string of the molecule is CC(C)(O)CN1CC[C@@H](Nc2ncnc3ccsc23)C1. The van der Waals surface area contributed by atoms with Crippen molar-refractivity contribution >= 4 is 27.4 Å². The normalized spacial score (nSPS) is 20.6. The van der Waals surface area contributed by atoms with E-state index in [9.17, 15) is 5.11 Å². The van der Waals surface area contributed by atoms with Gasteiger partial charge >= 0.3 is 0 Å². The van der Waals surface area contributed by atoms with Crippen molar-refractivity contribution in [1.82, 2.24) is 14.9 Å². The molecule has 6 heteroatoms. The van der Waals surface area contributed by atoms with Gasteiger partial charge in [-0.3, -0.25) is 4.90 Å². The second-order valence-electron chi connectivity index (χ2n) is 6.03. The summed E-state index contributed by atoms with van der Waals surface area (Å²) in [5.41, 5.74) is 0.365. The number of rotatable bonds is 4. The molecule has 1 aliphatic heterocycles. The molecule has 0 spiro atoms. The molecule has 0 aromatic carbocycles. The number of β-amino-alcohol motifs (C(OH)–C–C–N with tert-alkyl or cyclic N) is 1. The van der Waals surface area contributed by atoms with Crippen LogP contribution in [0.15, 0.2) is 17.8 Å². The van der Waals surface area contributed by atoms with E-state index in [-0.39, 0.29) is 0 Å². The Kier molecular flexibility index (Phi) is 3.62. The number of thiophene rings is 1. The Balaban J connectivity index is 1.66. The van der Waals surface area contributed by atoms with E-state index in [1.807, 2.05) is 25.3 Å². The van der Waals surface area contributed by atoms with Crippen LogP contribution in [0.5, 0.6) is 0 Å². The first-order valence-corrected chi connectivity index (χ1v) is 7.79. The minimum absolute atomic E-state index is 0.387. The minimum Gasteiger partial charge on any atom is -0.389 e. The van der Waals surface area contributed by atoms with Crippen LogP contribution in [-0.4, -0.2) is 51.3 Å². The number of anilines is 1. The quantitative estimate of drug-likeness (QED) is 0.902. The van der Waals surface area contributed by atoms with E-state index >= 15 is 0 Å². The number of nitrogens with one attached hydrogen (secondary N) is 1. The van der Waals surface area contributed by atoms with Crippen LogP contribution in [0.3, 0.4) is 0 Å². The van der Waals surface area contributed by atoms with Gasteiger partial charge in [0.25, 0.3) is 0 Å². The highest BCUT2D eigenvalue weighted by atomic mass is 32.1. The van der Waals surface area contributed by atoms with Crippen LogP contribution in [0.4, 0.5) is 5.82 Å². The van der Waals surface area contributed by atoms with Crippen LogP contribution in [0.25, 0.3) is 10.2 Å². The number of aromatic nitrogens is 2. The van der Waals surface area contributed by atoms with Crippen LogP contribution in [0.1, 0.15) is 20.3 Å². The topological polar surface area (TPSA) is 61.3 Å². The Hall–Kier alpha value is -1.24. The van der Waals surface area contributed by atoms with Gasteiger partial charge in [-0.1, -0.05) is 0 Å². The molecule has 2 aromatic rings. The molecule has 0 bridgehead atoms. The third-order valence-corrected chi connectivity index (χ3v) is 4.38. The maximum atomic E-state index is 9.89. The maximum Gasteiger partial charge on any atom is 0.147 e. The average Bonchev–Trinajstić information content (AvgIpc) is 2.96. The zero-order valence-electron chi connectivity index (χ0n) is 11.8. The molecule has 0 aliphatic carbocycles. The first kappa shape index (κ1) is 13.7. The van der Waals surface area contributed by atoms with Gasteiger partial charge in [0, 0.05) is 25.7 Å². The van der Waals surface area contributed by atoms with Gasteiger partial charge in [-0.05, 0) is 31.7 Å². The van der Waals surface area contributed by atoms with Crippen molar-refractivity contribution in [3.05, 3.63) is 17.8 Å². The Morgan fingerprint density at radius 1 is 1.50 bits per heavy atom. The lowest BCUT2D eigenvalue weighted by atomic mass is 10.1. The summed E-state index contributed by atoms with van der Waals surface area (Å²) >= 11 is 1.67. The predicted octanol–water partition coefficient (Wildman–Crippen LogP) is 1.95. The minimum atomic E-state index is -0.634. The molecule has 0 amide bonds. The van der Waals surface area contributed by atoms with Crippen molar-refractivity contribution in [3.63, 3.8) is 0 Å². The van der Waals surface area contributed by atoms with E-state index in [0.29, 0.717) is 12.6 Å². The first-order chi connectivity index (χ1) is 9.51. The van der Waals surface area contributed by atoms with Crippen molar-refractivity contribution in [2.45, 2.75) is 31.9 Å². The number of hydrogen-bond donors (Lipinski definition) is 2. The van der Waals surface area contributed by atoms with Gasteiger partial charge in [0.1, 0.15) is 12.1 Å². The number of nitrogens with zero attached hydrogens (tertiary/aromatic N) is 3. The average molecular weight is 292 g/mol. The smallest absolute Gasteiger partial charge is 0.147 e. The fourth-order valence-electron chi connectivity index (χ4n) is 2.73. The molecule has 20 heavy (non-hydrogen) atoms. The summed E-state index contributed by atoms with van der Waals surface area (Å²) in [5, 5.41) is 15.4. The molecule has 0 unspecified atom stereocenters. The van der Waals surface area contributed by atoms with E-state index in [1.165, 1.54) is 0 Å². The summed E-state index contributed by atoms with van der Waals surface area (Å²) in [6.07, 6.45) is 2.69. The van der Waals surface area contributed by atoms with Crippen molar-refractivity contribution in [1.29, 1.82) is 0 Å². The highest BCUT2D eigenvalue weighted by molar-refractivity contribution is 7.17. The third kappa shape index (κ3) is 3.08. The fourth-order valence-corrected chi connectivity index (χ4v) is 3.52. The first-order valence-electron chi connectivity index (χ1n) is 6.91. The lowest BCUT2D eigenvalue weighted by molar-refractivity contribution is 0.0437. The van der Waals surface area contributed by atoms with E-state index < -0.39 is 5.60 Å². The number of aliphatic hydroxyl groups is 1. The monoisotopic (exact) mass is 292 g/mol. The molecule has 0 saturated carbocycles. The standard InChI is InChI=1S/C14H20N4OS/c1-14(2,19)8-18-5-3-10(7-18)17-13-12-11(4-6-20-12)15-9-16-13/h4,6,9-10,19H,3,5,7-8H2,1-2H3,(H,15,16,17)/t10-/m1/s1. The summed E-state index contributed by atoms with van der Waals surface area (Å²) in [5.74, 6) is 0.931. The summed E-state index contributed by atoms with van der Waals surface area (Å²) < 4.78 is 1.12. The van der Waals surface area contributed by atoms with Crippen LogP contribution < -0.4 is 5.32 Å². The van der Waals surface area contributed by atoms with Crippen LogP contribution in [0, 0.1) is 0 Å². The summed E-state index contributed by atoms with van der Waals surface area (Å²) in [4.78, 5) is 10.9. The molecule has 1 saturated heterocycles. The van der Waals surface area contributed by atoms with Gasteiger partial charge < -0.3 is 10.4 Å². The molecule has 3 rings (SSSR count). The lowest BCUT2D eigenvalue weighted by Crippen LogP contribution is -2.38. The van der Waals surface area contributed by atoms with Gasteiger partial charge in [-0.25, -0.2) is 9.97 Å². The van der Waals surface area contributed by atoms with Crippen molar-refractivity contribution in [3.8, 4) is 0 Å². The summed E-state index contributed by atoms with van der Waals surface area (Å²) in [6.45, 7) is 6.38. The van der Waals surface area contributed by atoms with Gasteiger partial charge in [0.05, 0.1) is 15.8 Å². The molecule has 0 radical (unpaired) electrons. The summed E-state index contributed by atoms with van der Waals surface area (Å²) in [6, 6.07) is 2.40. The van der Waals surface area contributed by atoms with Crippen LogP contribution >= 0.6 is 11.3 Å². The zero-order valence-corrected chi connectivity index (χ0v) is 12.7. The van der Waals surface area contributed by atoms with Gasteiger partial charge in [0.2, 0.25) is 0 Å². The Bertz CT molecular complexity index is 592. The van der Waals surface area contributed by atoms with Gasteiger partial charge in [0.15, 0.2) is 0 Å². The van der Waals surface area contributed by atoms with E-state index in [1.54, 1.807) is 17.7 Å². The van der Waals surface area contributed by atoms with Crippen LogP contribution in [-0.2, 0) is 0 Å². The highest BCUT2D eigenvalue weighted by Crippen LogP contribution is 2.26. The Labute approximate surface area is 122 Å². The number of hydrogen-bond acceptors (Lipinski definition) is 6. The molecule has 5 nitrogen and oxygen atoms in total. The second kappa shape index (κ2) is 5.27. The molecule has 1 atom stereocenters. The Morgan fingerprint density at radius 2 is 2.35 bits per heavy atom. The van der Waals surface area contributed by atoms with Gasteiger partial charge in [-0.15, -0.1) is 11.3 Å². The van der Waals surface area contributed by atoms with Gasteiger partial charge in [-0.2, -0.15) is 0 Å². The molecule has 2 aromatic heterocycles. The molecule has 2 N–H and O–H groups in total. The fraction of sp³-hybridized carbons (Fsp3) is 0.571. The van der Waals surface area contributed by atoms with E-state index in [0.717, 1.165) is 35.5 Å². The van der Waals surface area contributed by atoms with Crippen molar-refractivity contribution < 1.29 is 5.11 Å². The third-order valence-electron chi connectivity index (χ3n) is 3.47. The highest BCUT2D eigenvalue weighted by Gasteiger charge is 2.27. The molecule has 1 fully saturated rings. The lowest BCUT2D eigenvalue weighted by Gasteiger charge is -2.25.